The molecule has 5 nitrogen and oxygen atoms in total. The Kier molecular flexibility index (Phi) is 2.74. The predicted molar refractivity (Wildman–Crippen MR) is 106 cm³/mol. The van der Waals surface area contributed by atoms with Gasteiger partial charge in [0.2, 0.25) is 0 Å². The first-order valence-corrected chi connectivity index (χ1v) is 10.2. The van der Waals surface area contributed by atoms with Gasteiger partial charge in [0, 0.05) is 52.1 Å². The first-order valence-electron chi connectivity index (χ1n) is 8.94. The van der Waals surface area contributed by atoms with Crippen molar-refractivity contribution in [2.75, 3.05) is 7.05 Å². The number of aromatic nitrogens is 4. The van der Waals surface area contributed by atoms with Crippen LogP contribution in [0.5, 0.6) is 0 Å². The first-order chi connectivity index (χ1) is 12.1. The number of piperidine rings is 1. The Bertz CT molecular complexity index is 981. The van der Waals surface area contributed by atoms with E-state index in [-0.39, 0.29) is 5.54 Å². The topological polar surface area (TPSA) is 49.7 Å². The average Bonchev–Trinajstić information content (AvgIpc) is 3.39. The number of hydrogen-bond donors (Lipinski definition) is 1. The minimum Gasteiger partial charge on any atom is -0.346 e. The second-order valence-corrected chi connectivity index (χ2v) is 9.30. The van der Waals surface area contributed by atoms with Crippen molar-refractivity contribution in [3.63, 3.8) is 0 Å². The van der Waals surface area contributed by atoms with E-state index in [1.807, 2.05) is 17.9 Å². The molecule has 128 valence electrons. The van der Waals surface area contributed by atoms with Gasteiger partial charge in [0.25, 0.3) is 0 Å². The maximum Gasteiger partial charge on any atom is 0.137 e. The highest BCUT2D eigenvalue weighted by Crippen LogP contribution is 2.69. The maximum atomic E-state index is 4.80. The molecule has 2 saturated heterocycles. The molecule has 3 aromatic rings. The molecule has 0 spiro atoms. The molecule has 6 heteroatoms. The number of pyridine rings is 1. The maximum absolute atomic E-state index is 4.80. The van der Waals surface area contributed by atoms with Gasteiger partial charge in [-0.1, -0.05) is 22.6 Å². The number of aromatic amines is 1. The molecule has 0 aromatic carbocycles. The zero-order valence-corrected chi connectivity index (χ0v) is 16.4. The number of nitrogens with one attached hydrogen (secondary N) is 1. The molecule has 0 amide bonds. The van der Waals surface area contributed by atoms with E-state index in [4.69, 9.17) is 4.98 Å². The quantitative estimate of drug-likeness (QED) is 0.487. The SMILES string of the molecule is CN1C2CC3CC2C(I)C31c1cnc2[nH]cc(-c3cnn(C)c3)c2c1. The Morgan fingerprint density at radius 1 is 1.28 bits per heavy atom. The largest absolute Gasteiger partial charge is 0.346 e. The van der Waals surface area contributed by atoms with Crippen molar-refractivity contribution in [1.29, 1.82) is 0 Å². The van der Waals surface area contributed by atoms with E-state index in [2.05, 4.69) is 69.3 Å². The summed E-state index contributed by atoms with van der Waals surface area (Å²) in [6, 6.07) is 3.17. The van der Waals surface area contributed by atoms with Gasteiger partial charge in [-0.25, -0.2) is 4.98 Å². The first kappa shape index (κ1) is 14.7. The van der Waals surface area contributed by atoms with Crippen molar-refractivity contribution in [2.24, 2.45) is 18.9 Å². The van der Waals surface area contributed by atoms with E-state index in [9.17, 15) is 0 Å². The van der Waals surface area contributed by atoms with Gasteiger partial charge in [0.1, 0.15) is 5.65 Å². The molecule has 0 radical (unpaired) electrons. The number of hydrogen-bond acceptors (Lipinski definition) is 3. The van der Waals surface area contributed by atoms with Gasteiger partial charge in [-0.05, 0) is 43.4 Å². The Morgan fingerprint density at radius 3 is 2.84 bits per heavy atom. The molecule has 2 saturated carbocycles. The molecule has 4 aliphatic rings. The van der Waals surface area contributed by atoms with Crippen molar-refractivity contribution in [1.82, 2.24) is 24.6 Å². The Balaban J connectivity index is 1.56. The van der Waals surface area contributed by atoms with E-state index < -0.39 is 0 Å². The summed E-state index contributed by atoms with van der Waals surface area (Å²) in [6.07, 6.45) is 10.9. The normalized spacial score (nSPS) is 36.3. The molecule has 4 fully saturated rings. The zero-order valence-electron chi connectivity index (χ0n) is 14.3. The smallest absolute Gasteiger partial charge is 0.137 e. The molecule has 3 aromatic heterocycles. The lowest BCUT2D eigenvalue weighted by Gasteiger charge is -2.38. The van der Waals surface area contributed by atoms with Crippen LogP contribution in [-0.4, -0.2) is 41.7 Å². The average molecular weight is 445 g/mol. The van der Waals surface area contributed by atoms with Crippen LogP contribution in [-0.2, 0) is 12.6 Å². The predicted octanol–water partition coefficient (Wildman–Crippen LogP) is 3.32. The molecule has 5 heterocycles. The monoisotopic (exact) mass is 445 g/mol. The molecule has 5 atom stereocenters. The highest BCUT2D eigenvalue weighted by molar-refractivity contribution is 14.1. The highest BCUT2D eigenvalue weighted by Gasteiger charge is 2.72. The van der Waals surface area contributed by atoms with E-state index in [1.54, 1.807) is 0 Å². The second kappa shape index (κ2) is 4.65. The second-order valence-electron chi connectivity index (χ2n) is 7.96. The number of halogens is 1. The van der Waals surface area contributed by atoms with Gasteiger partial charge in [-0.3, -0.25) is 9.58 Å². The number of aryl methyl sites for hydroxylation is 1. The van der Waals surface area contributed by atoms with Crippen LogP contribution in [0.15, 0.2) is 30.9 Å². The Hall–Kier alpha value is -1.41. The van der Waals surface area contributed by atoms with Crippen LogP contribution in [0, 0.1) is 11.8 Å². The molecule has 2 aliphatic carbocycles. The molecular formula is C19H20IN5. The highest BCUT2D eigenvalue weighted by atomic mass is 127. The van der Waals surface area contributed by atoms with Crippen molar-refractivity contribution in [2.45, 2.75) is 28.3 Å². The van der Waals surface area contributed by atoms with E-state index in [0.29, 0.717) is 3.92 Å². The molecule has 7 rings (SSSR count). The summed E-state index contributed by atoms with van der Waals surface area (Å²) in [5, 5.41) is 5.54. The third-order valence-corrected chi connectivity index (χ3v) is 8.96. The van der Waals surface area contributed by atoms with E-state index in [0.717, 1.165) is 29.1 Å². The number of rotatable bonds is 2. The molecule has 1 N–H and O–H groups in total. The lowest BCUT2D eigenvalue weighted by molar-refractivity contribution is 0.145. The van der Waals surface area contributed by atoms with Crippen molar-refractivity contribution in [3.05, 3.63) is 36.4 Å². The minimum atomic E-state index is 0.181. The lowest BCUT2D eigenvalue weighted by Crippen LogP contribution is -2.44. The summed E-state index contributed by atoms with van der Waals surface area (Å²) in [5.41, 5.74) is 4.89. The number of fused-ring (bicyclic) bond motifs is 1. The van der Waals surface area contributed by atoms with Gasteiger partial charge in [0.05, 0.1) is 11.7 Å². The van der Waals surface area contributed by atoms with Crippen molar-refractivity contribution in [3.8, 4) is 11.1 Å². The van der Waals surface area contributed by atoms with Crippen LogP contribution in [0.2, 0.25) is 0 Å². The third-order valence-electron chi connectivity index (χ3n) is 7.09. The van der Waals surface area contributed by atoms with Gasteiger partial charge < -0.3 is 4.98 Å². The minimum absolute atomic E-state index is 0.181. The van der Waals surface area contributed by atoms with Gasteiger partial charge in [-0.15, -0.1) is 0 Å². The third kappa shape index (κ3) is 1.59. The number of H-pyrrole nitrogens is 1. The molecule has 5 unspecified atom stereocenters. The number of alkyl halides is 1. The van der Waals surface area contributed by atoms with Crippen LogP contribution in [0.3, 0.4) is 0 Å². The molecule has 2 aliphatic heterocycles. The standard InChI is InChI=1S/C19H20IN5/c1-24-9-10(6-23-24)15-8-22-18-13(15)4-12(7-21-18)19-11-3-14(17(19)20)16(5-11)25(19)2/h4,6-9,11,14,16-17H,3,5H2,1-2H3,(H,21,22). The van der Waals surface area contributed by atoms with E-state index >= 15 is 0 Å². The fourth-order valence-electron chi connectivity index (χ4n) is 6.10. The van der Waals surface area contributed by atoms with Crippen molar-refractivity contribution < 1.29 is 0 Å². The van der Waals surface area contributed by atoms with Crippen LogP contribution in [0.1, 0.15) is 18.4 Å². The van der Waals surface area contributed by atoms with Crippen LogP contribution in [0.4, 0.5) is 0 Å². The van der Waals surface area contributed by atoms with Crippen LogP contribution in [0.25, 0.3) is 22.2 Å². The summed E-state index contributed by atoms with van der Waals surface area (Å²) in [6.45, 7) is 0. The summed E-state index contributed by atoms with van der Waals surface area (Å²) in [4.78, 5) is 10.8. The van der Waals surface area contributed by atoms with Crippen LogP contribution >= 0.6 is 22.6 Å². The summed E-state index contributed by atoms with van der Waals surface area (Å²) < 4.78 is 2.55. The lowest BCUT2D eigenvalue weighted by atomic mass is 9.80. The zero-order chi connectivity index (χ0) is 16.9. The molecule has 25 heavy (non-hydrogen) atoms. The molecule has 4 bridgehead atoms. The van der Waals surface area contributed by atoms with Crippen molar-refractivity contribution >= 4 is 33.6 Å². The summed E-state index contributed by atoms with van der Waals surface area (Å²) in [7, 11) is 4.29. The van der Waals surface area contributed by atoms with Gasteiger partial charge >= 0.3 is 0 Å². The fraction of sp³-hybridized carbons (Fsp3) is 0.474. The van der Waals surface area contributed by atoms with E-state index in [1.165, 1.54) is 29.4 Å². The fourth-order valence-corrected chi connectivity index (χ4v) is 8.18. The van der Waals surface area contributed by atoms with Crippen LogP contribution < -0.4 is 0 Å². The number of nitrogens with zero attached hydrogens (tertiary/aromatic N) is 4. The Labute approximate surface area is 159 Å². The van der Waals surface area contributed by atoms with Gasteiger partial charge in [0.15, 0.2) is 0 Å². The summed E-state index contributed by atoms with van der Waals surface area (Å²) >= 11 is 2.72. The Morgan fingerprint density at radius 2 is 2.16 bits per heavy atom. The summed E-state index contributed by atoms with van der Waals surface area (Å²) in [5.74, 6) is 1.64. The van der Waals surface area contributed by atoms with Gasteiger partial charge in [-0.2, -0.15) is 5.10 Å². The molecular weight excluding hydrogens is 425 g/mol.